The lowest BCUT2D eigenvalue weighted by molar-refractivity contribution is -0.384. The van der Waals surface area contributed by atoms with Crippen molar-refractivity contribution in [1.82, 2.24) is 0 Å². The van der Waals surface area contributed by atoms with Gasteiger partial charge in [-0.15, -0.1) is 0 Å². The Morgan fingerprint density at radius 3 is 2.95 bits per heavy atom. The third kappa shape index (κ3) is 5.05. The van der Waals surface area contributed by atoms with Crippen molar-refractivity contribution < 1.29 is 19.6 Å². The smallest absolute Gasteiger partial charge is 0.305 e. The van der Waals surface area contributed by atoms with Crippen LogP contribution in [0.15, 0.2) is 23.2 Å². The first kappa shape index (κ1) is 15.6. The summed E-state index contributed by atoms with van der Waals surface area (Å²) in [6.07, 6.45) is 2.14. The zero-order valence-corrected chi connectivity index (χ0v) is 11.1. The Balaban J connectivity index is 2.51. The average Bonchev–Trinajstić information content (AvgIpc) is 2.40. The Labute approximate surface area is 116 Å². The highest BCUT2D eigenvalue weighted by Crippen LogP contribution is 2.21. The van der Waals surface area contributed by atoms with Crippen molar-refractivity contribution in [3.63, 3.8) is 0 Å². The summed E-state index contributed by atoms with van der Waals surface area (Å²) in [5.41, 5.74) is 0.158. The number of benzene rings is 1. The largest absolute Gasteiger partial charge is 0.507 e. The molecule has 0 unspecified atom stereocenters. The number of carbonyl (C=O) groups is 1. The van der Waals surface area contributed by atoms with Crippen LogP contribution < -0.4 is 0 Å². The number of carbonyl (C=O) groups excluding carboxylic acids is 1. The van der Waals surface area contributed by atoms with Crippen molar-refractivity contribution in [2.24, 2.45) is 4.99 Å². The maximum absolute atomic E-state index is 11.1. The van der Waals surface area contributed by atoms with Gasteiger partial charge >= 0.3 is 5.97 Å². The van der Waals surface area contributed by atoms with E-state index in [1.54, 1.807) is 6.92 Å². The normalized spacial score (nSPS) is 10.7. The van der Waals surface area contributed by atoms with E-state index in [1.165, 1.54) is 24.4 Å². The molecule has 0 aliphatic carbocycles. The van der Waals surface area contributed by atoms with Gasteiger partial charge in [-0.05, 0) is 19.4 Å². The number of hydrogen-bond acceptors (Lipinski definition) is 6. The van der Waals surface area contributed by atoms with Gasteiger partial charge in [0.25, 0.3) is 5.69 Å². The number of rotatable bonds is 7. The molecular formula is C13H16N2O5. The molecule has 0 amide bonds. The van der Waals surface area contributed by atoms with Crippen molar-refractivity contribution in [3.8, 4) is 5.75 Å². The molecule has 1 aromatic carbocycles. The number of nitrogens with zero attached hydrogens (tertiary/aromatic N) is 2. The van der Waals surface area contributed by atoms with Crippen molar-refractivity contribution >= 4 is 17.9 Å². The predicted molar refractivity (Wildman–Crippen MR) is 73.1 cm³/mol. The lowest BCUT2D eigenvalue weighted by Crippen LogP contribution is -2.04. The zero-order chi connectivity index (χ0) is 15.0. The van der Waals surface area contributed by atoms with E-state index in [4.69, 9.17) is 4.74 Å². The van der Waals surface area contributed by atoms with Crippen LogP contribution in [0.3, 0.4) is 0 Å². The first-order chi connectivity index (χ1) is 9.54. The molecule has 0 bridgehead atoms. The standard InChI is InChI=1S/C13H16N2O5/c1-2-20-13(17)4-3-7-14-9-10-8-11(15(18)19)5-6-12(10)16/h5-6,8-9,16H,2-4,7H2,1H3. The summed E-state index contributed by atoms with van der Waals surface area (Å²) in [4.78, 5) is 25.1. The van der Waals surface area contributed by atoms with E-state index in [1.807, 2.05) is 0 Å². The summed E-state index contributed by atoms with van der Waals surface area (Å²) in [5.74, 6) is -0.356. The minimum Gasteiger partial charge on any atom is -0.507 e. The number of ether oxygens (including phenoxy) is 1. The molecule has 1 N–H and O–H groups in total. The molecular weight excluding hydrogens is 264 g/mol. The maximum atomic E-state index is 11.1. The number of hydrogen-bond donors (Lipinski definition) is 1. The molecule has 0 heterocycles. The first-order valence-corrected chi connectivity index (χ1v) is 6.17. The molecule has 20 heavy (non-hydrogen) atoms. The van der Waals surface area contributed by atoms with Crippen molar-refractivity contribution in [1.29, 1.82) is 0 Å². The van der Waals surface area contributed by atoms with E-state index < -0.39 is 4.92 Å². The number of aromatic hydroxyl groups is 1. The molecule has 0 spiro atoms. The number of nitro benzene ring substituents is 1. The van der Waals surface area contributed by atoms with E-state index in [-0.39, 0.29) is 29.4 Å². The van der Waals surface area contributed by atoms with Crippen molar-refractivity contribution in [3.05, 3.63) is 33.9 Å². The van der Waals surface area contributed by atoms with Gasteiger partial charge < -0.3 is 9.84 Å². The van der Waals surface area contributed by atoms with Crippen LogP contribution in [0, 0.1) is 10.1 Å². The molecule has 0 aromatic heterocycles. The number of esters is 1. The molecule has 0 atom stereocenters. The van der Waals surface area contributed by atoms with Crippen LogP contribution in [-0.2, 0) is 9.53 Å². The summed E-state index contributed by atoms with van der Waals surface area (Å²) >= 11 is 0. The fourth-order valence-corrected chi connectivity index (χ4v) is 1.47. The molecule has 0 aliphatic rings. The monoisotopic (exact) mass is 280 g/mol. The Kier molecular flexibility index (Phi) is 6.15. The number of aliphatic imine (C=N–C) groups is 1. The summed E-state index contributed by atoms with van der Waals surface area (Å²) in [7, 11) is 0. The second kappa shape index (κ2) is 7.88. The van der Waals surface area contributed by atoms with Crippen LogP contribution in [0.25, 0.3) is 0 Å². The molecule has 7 heteroatoms. The van der Waals surface area contributed by atoms with Gasteiger partial charge in [0.2, 0.25) is 0 Å². The van der Waals surface area contributed by atoms with Gasteiger partial charge in [0.15, 0.2) is 0 Å². The topological polar surface area (TPSA) is 102 Å². The van der Waals surface area contributed by atoms with Crippen LogP contribution in [0.1, 0.15) is 25.3 Å². The van der Waals surface area contributed by atoms with Crippen LogP contribution in [-0.4, -0.2) is 35.4 Å². The lowest BCUT2D eigenvalue weighted by atomic mass is 10.2. The fraction of sp³-hybridized carbons (Fsp3) is 0.385. The summed E-state index contributed by atoms with van der Waals surface area (Å²) in [6, 6.07) is 3.70. The lowest BCUT2D eigenvalue weighted by Gasteiger charge is -2.00. The highest BCUT2D eigenvalue weighted by Gasteiger charge is 2.08. The molecule has 1 rings (SSSR count). The highest BCUT2D eigenvalue weighted by molar-refractivity contribution is 5.84. The van der Waals surface area contributed by atoms with Crippen LogP contribution in [0.2, 0.25) is 0 Å². The average molecular weight is 280 g/mol. The number of non-ortho nitro benzene ring substituents is 1. The molecule has 0 radical (unpaired) electrons. The summed E-state index contributed by atoms with van der Waals surface area (Å²) < 4.78 is 4.76. The van der Waals surface area contributed by atoms with Gasteiger partial charge in [0.1, 0.15) is 5.75 Å². The predicted octanol–water partition coefficient (Wildman–Crippen LogP) is 2.06. The van der Waals surface area contributed by atoms with Gasteiger partial charge in [-0.25, -0.2) is 0 Å². The molecule has 0 saturated carbocycles. The van der Waals surface area contributed by atoms with Crippen molar-refractivity contribution in [2.45, 2.75) is 19.8 Å². The molecule has 1 aromatic rings. The van der Waals surface area contributed by atoms with Gasteiger partial charge in [-0.2, -0.15) is 0 Å². The van der Waals surface area contributed by atoms with Gasteiger partial charge in [0, 0.05) is 36.9 Å². The van der Waals surface area contributed by atoms with Crippen LogP contribution in [0.5, 0.6) is 5.75 Å². The fourth-order valence-electron chi connectivity index (χ4n) is 1.47. The number of phenols is 1. The Morgan fingerprint density at radius 2 is 2.30 bits per heavy atom. The minimum atomic E-state index is -0.544. The first-order valence-electron chi connectivity index (χ1n) is 6.17. The zero-order valence-electron chi connectivity index (χ0n) is 11.1. The molecule has 0 saturated heterocycles. The van der Waals surface area contributed by atoms with Gasteiger partial charge in [0.05, 0.1) is 11.5 Å². The second-order valence-corrected chi connectivity index (χ2v) is 3.94. The molecule has 108 valence electrons. The Morgan fingerprint density at radius 1 is 1.55 bits per heavy atom. The Hall–Kier alpha value is -2.44. The second-order valence-electron chi connectivity index (χ2n) is 3.94. The quantitative estimate of drug-likeness (QED) is 0.271. The van der Waals surface area contributed by atoms with Crippen LogP contribution >= 0.6 is 0 Å². The Bertz CT molecular complexity index is 513. The van der Waals surface area contributed by atoms with E-state index in [9.17, 15) is 20.0 Å². The van der Waals surface area contributed by atoms with Gasteiger partial charge in [-0.3, -0.25) is 19.9 Å². The third-order valence-corrected chi connectivity index (χ3v) is 2.43. The SMILES string of the molecule is CCOC(=O)CCCN=Cc1cc([N+](=O)[O-])ccc1O. The van der Waals surface area contributed by atoms with Crippen molar-refractivity contribution in [2.75, 3.05) is 13.2 Å². The maximum Gasteiger partial charge on any atom is 0.305 e. The van der Waals surface area contributed by atoms with E-state index >= 15 is 0 Å². The highest BCUT2D eigenvalue weighted by atomic mass is 16.6. The third-order valence-electron chi connectivity index (χ3n) is 2.43. The molecule has 0 aliphatic heterocycles. The van der Waals surface area contributed by atoms with Gasteiger partial charge in [-0.1, -0.05) is 0 Å². The van der Waals surface area contributed by atoms with E-state index in [0.717, 1.165) is 0 Å². The number of nitro groups is 1. The van der Waals surface area contributed by atoms with E-state index in [0.29, 0.717) is 19.6 Å². The van der Waals surface area contributed by atoms with Crippen LogP contribution in [0.4, 0.5) is 5.69 Å². The molecule has 7 nitrogen and oxygen atoms in total. The van der Waals surface area contributed by atoms with E-state index in [2.05, 4.69) is 4.99 Å². The minimum absolute atomic E-state index is 0.0789. The number of phenolic OH excluding ortho intramolecular Hbond substituents is 1. The summed E-state index contributed by atoms with van der Waals surface area (Å²) in [5, 5.41) is 20.1. The summed E-state index contributed by atoms with van der Waals surface area (Å²) in [6.45, 7) is 2.46. The molecule has 0 fully saturated rings.